The Balaban J connectivity index is 0.00000112. The first-order valence-corrected chi connectivity index (χ1v) is 4.98. The van der Waals surface area contributed by atoms with Gasteiger partial charge < -0.3 is 10.6 Å². The van der Waals surface area contributed by atoms with Gasteiger partial charge in [-0.05, 0) is 18.1 Å². The summed E-state index contributed by atoms with van der Waals surface area (Å²) in [5, 5.41) is 0. The fourth-order valence-corrected chi connectivity index (χ4v) is 1.78. The van der Waals surface area contributed by atoms with Crippen LogP contribution in [0.5, 0.6) is 0 Å². The van der Waals surface area contributed by atoms with Crippen LogP contribution in [0.4, 0.5) is 5.69 Å². The summed E-state index contributed by atoms with van der Waals surface area (Å²) in [5.74, 6) is 0.644. The highest BCUT2D eigenvalue weighted by molar-refractivity contribution is 8.93. The van der Waals surface area contributed by atoms with Gasteiger partial charge in [0, 0.05) is 12.2 Å². The van der Waals surface area contributed by atoms with Crippen molar-refractivity contribution in [1.82, 2.24) is 0 Å². The van der Waals surface area contributed by atoms with E-state index in [-0.39, 0.29) is 17.0 Å². The van der Waals surface area contributed by atoms with E-state index in [1.807, 2.05) is 6.07 Å². The third-order valence-corrected chi connectivity index (χ3v) is 2.54. The Labute approximate surface area is 101 Å². The van der Waals surface area contributed by atoms with Crippen molar-refractivity contribution >= 4 is 28.6 Å². The van der Waals surface area contributed by atoms with Gasteiger partial charge in [-0.25, -0.2) is 0 Å². The van der Waals surface area contributed by atoms with Gasteiger partial charge in [-0.15, -0.1) is 17.0 Å². The predicted octanol–water partition coefficient (Wildman–Crippen LogP) is 1.96. The standard InChI is InChI=1S/C11H15N3.BrH/c1-2-9-5-3-4-6-10(9)14-8-7-13-11(14)12;/h3-6H,2,7-8H2,1H3,(H2,12,13);1H. The molecule has 4 heteroatoms. The van der Waals surface area contributed by atoms with Gasteiger partial charge in [0.05, 0.1) is 6.54 Å². The fourth-order valence-electron chi connectivity index (χ4n) is 1.78. The van der Waals surface area contributed by atoms with Crippen LogP contribution in [0.3, 0.4) is 0 Å². The lowest BCUT2D eigenvalue weighted by Gasteiger charge is -2.20. The average molecular weight is 270 g/mol. The number of nitrogens with zero attached hydrogens (tertiary/aromatic N) is 2. The van der Waals surface area contributed by atoms with Gasteiger partial charge in [0.15, 0.2) is 5.96 Å². The van der Waals surface area contributed by atoms with Crippen LogP contribution in [-0.4, -0.2) is 19.0 Å². The number of guanidine groups is 1. The SMILES string of the molecule is Br.CCc1ccccc1N1CCN=C1N. The molecule has 15 heavy (non-hydrogen) atoms. The molecule has 0 saturated heterocycles. The second kappa shape index (κ2) is 5.16. The van der Waals surface area contributed by atoms with Gasteiger partial charge >= 0.3 is 0 Å². The molecule has 3 nitrogen and oxygen atoms in total. The third-order valence-electron chi connectivity index (χ3n) is 2.54. The number of nitrogens with two attached hydrogens (primary N) is 1. The molecule has 0 saturated carbocycles. The summed E-state index contributed by atoms with van der Waals surface area (Å²) in [6, 6.07) is 8.35. The average Bonchev–Trinajstić information content (AvgIpc) is 2.64. The molecule has 1 aromatic carbocycles. The Morgan fingerprint density at radius 2 is 2.13 bits per heavy atom. The number of aryl methyl sites for hydroxylation is 1. The quantitative estimate of drug-likeness (QED) is 0.892. The molecule has 0 fully saturated rings. The van der Waals surface area contributed by atoms with Crippen molar-refractivity contribution in [3.8, 4) is 0 Å². The van der Waals surface area contributed by atoms with Gasteiger partial charge in [-0.1, -0.05) is 25.1 Å². The second-order valence-electron chi connectivity index (χ2n) is 3.37. The van der Waals surface area contributed by atoms with Crippen molar-refractivity contribution in [2.24, 2.45) is 10.7 Å². The molecule has 82 valence electrons. The van der Waals surface area contributed by atoms with E-state index in [4.69, 9.17) is 5.73 Å². The van der Waals surface area contributed by atoms with E-state index in [1.54, 1.807) is 0 Å². The molecule has 0 radical (unpaired) electrons. The van der Waals surface area contributed by atoms with Gasteiger partial charge in [0.25, 0.3) is 0 Å². The van der Waals surface area contributed by atoms with Gasteiger partial charge in [-0.3, -0.25) is 4.99 Å². The Hall–Kier alpha value is -1.03. The van der Waals surface area contributed by atoms with Gasteiger partial charge in [-0.2, -0.15) is 0 Å². The van der Waals surface area contributed by atoms with Crippen LogP contribution in [0, 0.1) is 0 Å². The molecule has 1 aromatic rings. The normalized spacial score (nSPS) is 14.7. The van der Waals surface area contributed by atoms with Crippen molar-refractivity contribution in [2.75, 3.05) is 18.0 Å². The first kappa shape index (κ1) is 12.0. The van der Waals surface area contributed by atoms with Crippen LogP contribution in [0.25, 0.3) is 0 Å². The predicted molar refractivity (Wildman–Crippen MR) is 70.0 cm³/mol. The van der Waals surface area contributed by atoms with E-state index >= 15 is 0 Å². The number of para-hydroxylation sites is 1. The van der Waals surface area contributed by atoms with Crippen LogP contribution < -0.4 is 10.6 Å². The van der Waals surface area contributed by atoms with Crippen molar-refractivity contribution in [3.05, 3.63) is 29.8 Å². The Bertz CT molecular complexity index is 363. The first-order chi connectivity index (χ1) is 6.83. The minimum atomic E-state index is 0. The molecular weight excluding hydrogens is 254 g/mol. The topological polar surface area (TPSA) is 41.6 Å². The number of halogens is 1. The zero-order valence-corrected chi connectivity index (χ0v) is 10.5. The number of anilines is 1. The number of rotatable bonds is 2. The van der Waals surface area contributed by atoms with Crippen LogP contribution in [0.1, 0.15) is 12.5 Å². The van der Waals surface area contributed by atoms with E-state index in [0.717, 1.165) is 19.5 Å². The Morgan fingerprint density at radius 1 is 1.40 bits per heavy atom. The highest BCUT2D eigenvalue weighted by atomic mass is 79.9. The summed E-state index contributed by atoms with van der Waals surface area (Å²) in [5.41, 5.74) is 8.34. The highest BCUT2D eigenvalue weighted by Crippen LogP contribution is 2.21. The lowest BCUT2D eigenvalue weighted by molar-refractivity contribution is 1.00. The molecular formula is C11H16BrN3. The van der Waals surface area contributed by atoms with E-state index in [0.29, 0.717) is 5.96 Å². The number of aliphatic imine (C=N–C) groups is 1. The molecule has 1 aliphatic heterocycles. The summed E-state index contributed by atoms with van der Waals surface area (Å²) in [7, 11) is 0. The second-order valence-corrected chi connectivity index (χ2v) is 3.37. The maximum atomic E-state index is 5.81. The molecule has 0 amide bonds. The summed E-state index contributed by atoms with van der Waals surface area (Å²) in [4.78, 5) is 6.27. The minimum absolute atomic E-state index is 0. The third kappa shape index (κ3) is 2.31. The molecule has 0 unspecified atom stereocenters. The van der Waals surface area contributed by atoms with Crippen molar-refractivity contribution < 1.29 is 0 Å². The molecule has 0 atom stereocenters. The zero-order valence-electron chi connectivity index (χ0n) is 8.81. The van der Waals surface area contributed by atoms with E-state index < -0.39 is 0 Å². The monoisotopic (exact) mass is 269 g/mol. The van der Waals surface area contributed by atoms with Gasteiger partial charge in [0.2, 0.25) is 0 Å². The largest absolute Gasteiger partial charge is 0.370 e. The number of hydrogen-bond donors (Lipinski definition) is 1. The van der Waals surface area contributed by atoms with Crippen LogP contribution in [0.15, 0.2) is 29.3 Å². The lowest BCUT2D eigenvalue weighted by Crippen LogP contribution is -2.34. The molecule has 0 aromatic heterocycles. The zero-order chi connectivity index (χ0) is 9.97. The van der Waals surface area contributed by atoms with Crippen molar-refractivity contribution in [3.63, 3.8) is 0 Å². The van der Waals surface area contributed by atoms with Crippen LogP contribution >= 0.6 is 17.0 Å². The first-order valence-electron chi connectivity index (χ1n) is 4.98. The van der Waals surface area contributed by atoms with Crippen LogP contribution in [0.2, 0.25) is 0 Å². The molecule has 2 rings (SSSR count). The molecule has 0 aliphatic carbocycles. The number of hydrogen-bond acceptors (Lipinski definition) is 3. The maximum absolute atomic E-state index is 5.81. The highest BCUT2D eigenvalue weighted by Gasteiger charge is 2.17. The molecule has 0 bridgehead atoms. The molecule has 1 heterocycles. The molecule has 0 spiro atoms. The summed E-state index contributed by atoms with van der Waals surface area (Å²) >= 11 is 0. The van der Waals surface area contributed by atoms with Crippen molar-refractivity contribution in [2.45, 2.75) is 13.3 Å². The summed E-state index contributed by atoms with van der Waals surface area (Å²) in [6.07, 6.45) is 1.03. The summed E-state index contributed by atoms with van der Waals surface area (Å²) in [6.45, 7) is 3.87. The Kier molecular flexibility index (Phi) is 4.15. The number of benzene rings is 1. The molecule has 1 aliphatic rings. The van der Waals surface area contributed by atoms with Crippen molar-refractivity contribution in [1.29, 1.82) is 0 Å². The van der Waals surface area contributed by atoms with Crippen LogP contribution in [-0.2, 0) is 6.42 Å². The van der Waals surface area contributed by atoms with E-state index in [9.17, 15) is 0 Å². The smallest absolute Gasteiger partial charge is 0.195 e. The minimum Gasteiger partial charge on any atom is -0.370 e. The van der Waals surface area contributed by atoms with E-state index in [1.165, 1.54) is 11.3 Å². The summed E-state index contributed by atoms with van der Waals surface area (Å²) < 4.78 is 0. The van der Waals surface area contributed by atoms with E-state index in [2.05, 4.69) is 35.0 Å². The molecule has 2 N–H and O–H groups in total. The van der Waals surface area contributed by atoms with Gasteiger partial charge in [0.1, 0.15) is 0 Å². The Morgan fingerprint density at radius 3 is 2.73 bits per heavy atom. The lowest BCUT2D eigenvalue weighted by atomic mass is 10.1. The maximum Gasteiger partial charge on any atom is 0.195 e. The fraction of sp³-hybridized carbons (Fsp3) is 0.364.